The largest absolute Gasteiger partial charge is 0.489 e. The van der Waals surface area contributed by atoms with Crippen molar-refractivity contribution in [1.29, 1.82) is 5.41 Å². The standard InChI is InChI=1S/C16H21NO/c1-10-4-3-5-14(16(10)11(2)17)18-15-9-12-6-7-13(15)8-12/h3-5,12-13,15,17H,6-9H2,1-2H3/t12-,13?,15-/m1/s1. The molecule has 0 spiro atoms. The number of rotatable bonds is 3. The van der Waals surface area contributed by atoms with Crippen LogP contribution in [0, 0.1) is 24.2 Å². The lowest BCUT2D eigenvalue weighted by atomic mass is 9.97. The van der Waals surface area contributed by atoms with Crippen LogP contribution in [0.3, 0.4) is 0 Å². The van der Waals surface area contributed by atoms with E-state index in [2.05, 4.69) is 13.0 Å². The molecule has 1 N–H and O–H groups in total. The molecular formula is C16H21NO. The van der Waals surface area contributed by atoms with E-state index in [-0.39, 0.29) is 0 Å². The molecule has 0 radical (unpaired) electrons. The predicted octanol–water partition coefficient (Wildman–Crippen LogP) is 3.95. The van der Waals surface area contributed by atoms with E-state index < -0.39 is 0 Å². The first kappa shape index (κ1) is 11.8. The minimum atomic E-state index is 0.392. The lowest BCUT2D eigenvalue weighted by Crippen LogP contribution is -2.24. The van der Waals surface area contributed by atoms with Crippen molar-refractivity contribution in [3.8, 4) is 5.75 Å². The summed E-state index contributed by atoms with van der Waals surface area (Å²) in [6, 6.07) is 6.11. The number of hydrogen-bond donors (Lipinski definition) is 1. The Morgan fingerprint density at radius 1 is 1.28 bits per heavy atom. The molecule has 0 heterocycles. The first-order valence-corrected chi connectivity index (χ1v) is 6.97. The van der Waals surface area contributed by atoms with Crippen LogP contribution >= 0.6 is 0 Å². The number of nitrogens with one attached hydrogen (secondary N) is 1. The second kappa shape index (κ2) is 4.42. The van der Waals surface area contributed by atoms with E-state index in [9.17, 15) is 0 Å². The average molecular weight is 243 g/mol. The van der Waals surface area contributed by atoms with Crippen molar-refractivity contribution in [1.82, 2.24) is 0 Å². The molecule has 2 saturated carbocycles. The molecule has 0 amide bonds. The SMILES string of the molecule is CC(=N)c1c(C)cccc1O[C@@H]1C[C@@H]2CCC1C2. The molecule has 2 bridgehead atoms. The summed E-state index contributed by atoms with van der Waals surface area (Å²) in [7, 11) is 0. The van der Waals surface area contributed by atoms with Gasteiger partial charge in [0.05, 0.1) is 0 Å². The van der Waals surface area contributed by atoms with E-state index >= 15 is 0 Å². The Morgan fingerprint density at radius 3 is 2.72 bits per heavy atom. The molecule has 3 atom stereocenters. The Labute approximate surface area is 109 Å². The molecule has 1 aromatic rings. The Balaban J connectivity index is 1.84. The van der Waals surface area contributed by atoms with Crippen LogP contribution in [0.2, 0.25) is 0 Å². The molecule has 2 heteroatoms. The molecule has 96 valence electrons. The monoisotopic (exact) mass is 243 g/mol. The van der Waals surface area contributed by atoms with Crippen LogP contribution in [-0.4, -0.2) is 11.8 Å². The van der Waals surface area contributed by atoms with E-state index in [0.717, 1.165) is 28.7 Å². The molecule has 0 aromatic heterocycles. The van der Waals surface area contributed by atoms with Gasteiger partial charge in [0.1, 0.15) is 11.9 Å². The molecule has 3 rings (SSSR count). The Bertz CT molecular complexity index is 480. The number of benzene rings is 1. The zero-order valence-electron chi connectivity index (χ0n) is 11.2. The van der Waals surface area contributed by atoms with Gasteiger partial charge in [-0.05, 0) is 63.0 Å². The molecule has 0 aliphatic heterocycles. The van der Waals surface area contributed by atoms with E-state index in [4.69, 9.17) is 10.1 Å². The fourth-order valence-corrected chi connectivity index (χ4v) is 3.71. The summed E-state index contributed by atoms with van der Waals surface area (Å²) in [4.78, 5) is 0. The van der Waals surface area contributed by atoms with E-state index in [1.54, 1.807) is 0 Å². The van der Waals surface area contributed by atoms with Crippen LogP contribution in [0.4, 0.5) is 0 Å². The lowest BCUT2D eigenvalue weighted by Gasteiger charge is -2.25. The van der Waals surface area contributed by atoms with Crippen molar-refractivity contribution >= 4 is 5.71 Å². The normalized spacial score (nSPS) is 29.6. The molecule has 2 aliphatic rings. The number of fused-ring (bicyclic) bond motifs is 2. The topological polar surface area (TPSA) is 33.1 Å². The van der Waals surface area contributed by atoms with Gasteiger partial charge >= 0.3 is 0 Å². The van der Waals surface area contributed by atoms with Crippen molar-refractivity contribution in [2.24, 2.45) is 11.8 Å². The van der Waals surface area contributed by atoms with Gasteiger partial charge in [-0.15, -0.1) is 0 Å². The van der Waals surface area contributed by atoms with E-state index in [1.807, 2.05) is 19.1 Å². The van der Waals surface area contributed by atoms with Crippen molar-refractivity contribution in [3.63, 3.8) is 0 Å². The molecular weight excluding hydrogens is 222 g/mol. The Kier molecular flexibility index (Phi) is 2.89. The fraction of sp³-hybridized carbons (Fsp3) is 0.562. The summed E-state index contributed by atoms with van der Waals surface area (Å²) >= 11 is 0. The lowest BCUT2D eigenvalue weighted by molar-refractivity contribution is 0.138. The molecule has 2 fully saturated rings. The highest BCUT2D eigenvalue weighted by Crippen LogP contribution is 2.46. The maximum atomic E-state index is 7.92. The van der Waals surface area contributed by atoms with Crippen LogP contribution in [0.5, 0.6) is 5.75 Å². The van der Waals surface area contributed by atoms with Gasteiger partial charge in [0.25, 0.3) is 0 Å². The maximum Gasteiger partial charge on any atom is 0.129 e. The maximum absolute atomic E-state index is 7.92. The Hall–Kier alpha value is -1.31. The van der Waals surface area contributed by atoms with E-state index in [0.29, 0.717) is 11.8 Å². The molecule has 1 aromatic carbocycles. The van der Waals surface area contributed by atoms with Crippen LogP contribution in [0.15, 0.2) is 18.2 Å². The number of ether oxygens (including phenoxy) is 1. The second-order valence-electron chi connectivity index (χ2n) is 5.90. The molecule has 0 saturated heterocycles. The summed E-state index contributed by atoms with van der Waals surface area (Å²) in [5.74, 6) is 2.57. The highest BCUT2D eigenvalue weighted by Gasteiger charge is 2.41. The summed E-state index contributed by atoms with van der Waals surface area (Å²) < 4.78 is 6.24. The van der Waals surface area contributed by atoms with Gasteiger partial charge in [0.2, 0.25) is 0 Å². The van der Waals surface area contributed by atoms with Gasteiger partial charge in [-0.1, -0.05) is 12.1 Å². The van der Waals surface area contributed by atoms with Gasteiger partial charge in [0, 0.05) is 11.3 Å². The highest BCUT2D eigenvalue weighted by atomic mass is 16.5. The second-order valence-corrected chi connectivity index (χ2v) is 5.90. The summed E-state index contributed by atoms with van der Waals surface area (Å²) in [5, 5.41) is 7.92. The number of hydrogen-bond acceptors (Lipinski definition) is 2. The van der Waals surface area contributed by atoms with Gasteiger partial charge in [0.15, 0.2) is 0 Å². The summed E-state index contributed by atoms with van der Waals surface area (Å²) in [5.41, 5.74) is 2.73. The average Bonchev–Trinajstić information content (AvgIpc) is 2.90. The quantitative estimate of drug-likeness (QED) is 0.801. The highest BCUT2D eigenvalue weighted by molar-refractivity contribution is 6.00. The van der Waals surface area contributed by atoms with E-state index in [1.165, 1.54) is 25.7 Å². The molecule has 2 nitrogen and oxygen atoms in total. The third-order valence-electron chi connectivity index (χ3n) is 4.56. The Morgan fingerprint density at radius 2 is 2.11 bits per heavy atom. The zero-order chi connectivity index (χ0) is 12.7. The van der Waals surface area contributed by atoms with Gasteiger partial charge in [-0.2, -0.15) is 0 Å². The third kappa shape index (κ3) is 1.94. The first-order valence-electron chi connectivity index (χ1n) is 6.97. The molecule has 1 unspecified atom stereocenters. The van der Waals surface area contributed by atoms with Gasteiger partial charge in [-0.25, -0.2) is 0 Å². The minimum absolute atomic E-state index is 0.392. The minimum Gasteiger partial charge on any atom is -0.489 e. The van der Waals surface area contributed by atoms with Crippen LogP contribution < -0.4 is 4.74 Å². The molecule has 18 heavy (non-hydrogen) atoms. The summed E-state index contributed by atoms with van der Waals surface area (Å²) in [6.07, 6.45) is 5.70. The first-order chi connectivity index (χ1) is 8.65. The summed E-state index contributed by atoms with van der Waals surface area (Å²) in [6.45, 7) is 3.90. The van der Waals surface area contributed by atoms with Crippen LogP contribution in [0.1, 0.15) is 43.7 Å². The molecule has 2 aliphatic carbocycles. The third-order valence-corrected chi connectivity index (χ3v) is 4.56. The van der Waals surface area contributed by atoms with Crippen molar-refractivity contribution in [2.75, 3.05) is 0 Å². The fourth-order valence-electron chi connectivity index (χ4n) is 3.71. The van der Waals surface area contributed by atoms with Crippen LogP contribution in [0.25, 0.3) is 0 Å². The predicted molar refractivity (Wildman–Crippen MR) is 73.5 cm³/mol. The van der Waals surface area contributed by atoms with Crippen molar-refractivity contribution in [2.45, 2.75) is 45.6 Å². The van der Waals surface area contributed by atoms with Crippen molar-refractivity contribution in [3.05, 3.63) is 29.3 Å². The number of aryl methyl sites for hydroxylation is 1. The van der Waals surface area contributed by atoms with Gasteiger partial charge in [-0.3, -0.25) is 0 Å². The van der Waals surface area contributed by atoms with Crippen molar-refractivity contribution < 1.29 is 4.74 Å². The smallest absolute Gasteiger partial charge is 0.129 e. The zero-order valence-corrected chi connectivity index (χ0v) is 11.2. The van der Waals surface area contributed by atoms with Gasteiger partial charge < -0.3 is 10.1 Å². The van der Waals surface area contributed by atoms with Crippen LogP contribution in [-0.2, 0) is 0 Å².